The molecule has 2 aliphatic carbocycles. The van der Waals surface area contributed by atoms with Gasteiger partial charge in [-0.05, 0) is 57.4 Å². The van der Waals surface area contributed by atoms with E-state index in [0.29, 0.717) is 18.4 Å². The average Bonchev–Trinajstić information content (AvgIpc) is 2.44. The quantitative estimate of drug-likeness (QED) is 0.707. The Hall–Kier alpha value is -1.05. The molecule has 0 heterocycles. The summed E-state index contributed by atoms with van der Waals surface area (Å²) < 4.78 is 5.59. The molecule has 0 radical (unpaired) electrons. The van der Waals surface area contributed by atoms with Gasteiger partial charge in [0.1, 0.15) is 0 Å². The molecule has 0 fully saturated rings. The Balaban J connectivity index is 1.93. The highest BCUT2D eigenvalue weighted by molar-refractivity contribution is 5.75. The summed E-state index contributed by atoms with van der Waals surface area (Å²) in [5.74, 6) is 1.04. The maximum atomic E-state index is 12.0. The van der Waals surface area contributed by atoms with E-state index in [1.807, 2.05) is 20.8 Å². The zero-order chi connectivity index (χ0) is 13.9. The first-order valence-corrected chi connectivity index (χ1v) is 7.58. The van der Waals surface area contributed by atoms with Crippen LogP contribution in [0.25, 0.3) is 0 Å². The molecule has 0 saturated carbocycles. The van der Waals surface area contributed by atoms with Crippen molar-refractivity contribution >= 4 is 5.97 Å². The van der Waals surface area contributed by atoms with E-state index in [9.17, 15) is 4.79 Å². The monoisotopic (exact) mass is 262 g/mol. The van der Waals surface area contributed by atoms with Gasteiger partial charge in [-0.15, -0.1) is 0 Å². The second kappa shape index (κ2) is 5.94. The van der Waals surface area contributed by atoms with Crippen molar-refractivity contribution in [3.63, 3.8) is 0 Å². The van der Waals surface area contributed by atoms with Gasteiger partial charge < -0.3 is 4.74 Å². The molecule has 1 unspecified atom stereocenters. The fourth-order valence-electron chi connectivity index (χ4n) is 2.87. The number of hydrogen-bond acceptors (Lipinski definition) is 2. The van der Waals surface area contributed by atoms with Crippen LogP contribution in [-0.2, 0) is 9.53 Å². The first-order chi connectivity index (χ1) is 9.04. The van der Waals surface area contributed by atoms with Gasteiger partial charge in [-0.1, -0.05) is 25.2 Å². The number of allylic oxidation sites excluding steroid dienone is 4. The van der Waals surface area contributed by atoms with Crippen LogP contribution >= 0.6 is 0 Å². The maximum absolute atomic E-state index is 12.0. The molecule has 0 aromatic carbocycles. The average molecular weight is 262 g/mol. The van der Waals surface area contributed by atoms with Crippen molar-refractivity contribution in [1.82, 2.24) is 0 Å². The second-order valence-electron chi connectivity index (χ2n) is 6.48. The Kier molecular flexibility index (Phi) is 4.49. The zero-order valence-electron chi connectivity index (χ0n) is 12.4. The molecule has 0 bridgehead atoms. The van der Waals surface area contributed by atoms with Gasteiger partial charge in [0, 0.05) is 5.92 Å². The van der Waals surface area contributed by atoms with Crippen molar-refractivity contribution in [1.29, 1.82) is 0 Å². The van der Waals surface area contributed by atoms with E-state index in [1.54, 1.807) is 0 Å². The molecule has 0 aromatic heterocycles. The number of ether oxygens (including phenoxy) is 1. The minimum absolute atomic E-state index is 0.0501. The van der Waals surface area contributed by atoms with Crippen LogP contribution in [0.1, 0.15) is 52.9 Å². The normalized spacial score (nSPS) is 26.6. The Bertz CT molecular complexity index is 390. The number of carbonyl (C=O) groups excluding carboxylic acids is 1. The maximum Gasteiger partial charge on any atom is 0.311 e. The number of carbonyl (C=O) groups is 1. The van der Waals surface area contributed by atoms with E-state index in [1.165, 1.54) is 24.8 Å². The second-order valence-corrected chi connectivity index (χ2v) is 6.48. The van der Waals surface area contributed by atoms with Gasteiger partial charge in [0.15, 0.2) is 0 Å². The molecule has 2 atom stereocenters. The van der Waals surface area contributed by atoms with E-state index in [2.05, 4.69) is 18.2 Å². The first kappa shape index (κ1) is 14.4. The molecule has 2 aliphatic rings. The molecule has 2 rings (SSSR count). The van der Waals surface area contributed by atoms with Crippen LogP contribution in [0, 0.1) is 17.3 Å². The van der Waals surface area contributed by atoms with Gasteiger partial charge in [-0.25, -0.2) is 0 Å². The lowest BCUT2D eigenvalue weighted by Gasteiger charge is -2.33. The van der Waals surface area contributed by atoms with E-state index >= 15 is 0 Å². The summed E-state index contributed by atoms with van der Waals surface area (Å²) in [5, 5.41) is 0. The van der Waals surface area contributed by atoms with Crippen LogP contribution in [0.4, 0.5) is 0 Å². The molecule has 0 N–H and O–H groups in total. The molecule has 0 saturated heterocycles. The van der Waals surface area contributed by atoms with Crippen molar-refractivity contribution in [2.45, 2.75) is 52.9 Å². The highest BCUT2D eigenvalue weighted by Gasteiger charge is 2.31. The molecule has 0 spiro atoms. The predicted octanol–water partition coefficient (Wildman–Crippen LogP) is 4.27. The van der Waals surface area contributed by atoms with Crippen LogP contribution in [0.3, 0.4) is 0 Å². The summed E-state index contributed by atoms with van der Waals surface area (Å²) >= 11 is 0. The Labute approximate surface area is 116 Å². The highest BCUT2D eigenvalue weighted by Crippen LogP contribution is 2.37. The summed E-state index contributed by atoms with van der Waals surface area (Å²) in [6.45, 7) is 6.53. The number of esters is 1. The topological polar surface area (TPSA) is 26.3 Å². The summed E-state index contributed by atoms with van der Waals surface area (Å²) in [5.41, 5.74) is 1.11. The van der Waals surface area contributed by atoms with Gasteiger partial charge in [-0.3, -0.25) is 4.79 Å². The number of fused-ring (bicyclic) bond motifs is 1. The zero-order valence-corrected chi connectivity index (χ0v) is 12.4. The standard InChI is InChI=1S/C17H26O2/c1-4-17(2,3)16(18)19-12-14-10-7-9-13-8-5-6-11-15(13)14/h7-9,14-15H,4-6,10-12H2,1-3H3/t14-,15?/m1/s1. The molecule has 2 heteroatoms. The van der Waals surface area contributed by atoms with Crippen molar-refractivity contribution < 1.29 is 9.53 Å². The van der Waals surface area contributed by atoms with Crippen LogP contribution < -0.4 is 0 Å². The molecule has 0 aliphatic heterocycles. The van der Waals surface area contributed by atoms with Crippen LogP contribution in [0.5, 0.6) is 0 Å². The lowest BCUT2D eigenvalue weighted by Crippen LogP contribution is -2.31. The first-order valence-electron chi connectivity index (χ1n) is 7.58. The third-order valence-corrected chi connectivity index (χ3v) is 4.71. The van der Waals surface area contributed by atoms with E-state index < -0.39 is 0 Å². The van der Waals surface area contributed by atoms with Gasteiger partial charge in [0.25, 0.3) is 0 Å². The number of rotatable bonds is 4. The SMILES string of the molecule is CCC(C)(C)C(=O)OC[C@H]1CC=CC2=CCCCC21. The van der Waals surface area contributed by atoms with Crippen molar-refractivity contribution in [2.24, 2.45) is 17.3 Å². The largest absolute Gasteiger partial charge is 0.465 e. The highest BCUT2D eigenvalue weighted by atomic mass is 16.5. The minimum Gasteiger partial charge on any atom is -0.465 e. The predicted molar refractivity (Wildman–Crippen MR) is 77.7 cm³/mol. The van der Waals surface area contributed by atoms with Gasteiger partial charge in [-0.2, -0.15) is 0 Å². The fraction of sp³-hybridized carbons (Fsp3) is 0.706. The van der Waals surface area contributed by atoms with Gasteiger partial charge in [0.05, 0.1) is 12.0 Å². The number of hydrogen-bond donors (Lipinski definition) is 0. The summed E-state index contributed by atoms with van der Waals surface area (Å²) in [4.78, 5) is 12.0. The Morgan fingerprint density at radius 3 is 3.00 bits per heavy atom. The Morgan fingerprint density at radius 2 is 2.26 bits per heavy atom. The molecule has 2 nitrogen and oxygen atoms in total. The minimum atomic E-state index is -0.351. The smallest absolute Gasteiger partial charge is 0.311 e. The summed E-state index contributed by atoms with van der Waals surface area (Å²) in [6.07, 6.45) is 12.4. The van der Waals surface area contributed by atoms with E-state index in [0.717, 1.165) is 12.8 Å². The van der Waals surface area contributed by atoms with Gasteiger partial charge in [0.2, 0.25) is 0 Å². The van der Waals surface area contributed by atoms with Crippen molar-refractivity contribution in [3.8, 4) is 0 Å². The van der Waals surface area contributed by atoms with E-state index in [-0.39, 0.29) is 11.4 Å². The lowest BCUT2D eigenvalue weighted by molar-refractivity contribution is -0.156. The van der Waals surface area contributed by atoms with Crippen molar-refractivity contribution in [3.05, 3.63) is 23.8 Å². The third-order valence-electron chi connectivity index (χ3n) is 4.71. The Morgan fingerprint density at radius 1 is 1.47 bits per heavy atom. The summed E-state index contributed by atoms with van der Waals surface area (Å²) in [7, 11) is 0. The lowest BCUT2D eigenvalue weighted by atomic mass is 9.74. The molecule has 106 valence electrons. The fourth-order valence-corrected chi connectivity index (χ4v) is 2.87. The van der Waals surface area contributed by atoms with Gasteiger partial charge >= 0.3 is 5.97 Å². The van der Waals surface area contributed by atoms with Crippen LogP contribution in [0.2, 0.25) is 0 Å². The summed E-state index contributed by atoms with van der Waals surface area (Å²) in [6, 6.07) is 0. The van der Waals surface area contributed by atoms with Crippen LogP contribution in [0.15, 0.2) is 23.8 Å². The molecule has 19 heavy (non-hydrogen) atoms. The van der Waals surface area contributed by atoms with Crippen molar-refractivity contribution in [2.75, 3.05) is 6.61 Å². The molecular formula is C17H26O2. The molecule has 0 amide bonds. The third kappa shape index (κ3) is 3.29. The molecular weight excluding hydrogens is 236 g/mol. The molecule has 0 aromatic rings. The van der Waals surface area contributed by atoms with Crippen LogP contribution in [-0.4, -0.2) is 12.6 Å². The van der Waals surface area contributed by atoms with E-state index in [4.69, 9.17) is 4.74 Å².